The van der Waals surface area contributed by atoms with Gasteiger partial charge in [-0.2, -0.15) is 4.89 Å². The summed E-state index contributed by atoms with van der Waals surface area (Å²) in [6, 6.07) is 0. The van der Waals surface area contributed by atoms with Crippen molar-refractivity contribution in [1.29, 1.82) is 0 Å². The molecule has 0 radical (unpaired) electrons. The van der Waals surface area contributed by atoms with Gasteiger partial charge < -0.3 is 9.99 Å². The molecule has 0 fully saturated rings. The maximum atomic E-state index is 11.1. The molecule has 4 nitrogen and oxygen atoms in total. The van der Waals surface area contributed by atoms with Gasteiger partial charge in [0.05, 0.1) is 5.57 Å². The lowest BCUT2D eigenvalue weighted by Gasteiger charge is -2.24. The molecule has 0 rings (SSSR count). The van der Waals surface area contributed by atoms with Crippen LogP contribution in [0.1, 0.15) is 66.7 Å². The summed E-state index contributed by atoms with van der Waals surface area (Å²) in [6.45, 7) is 9.73. The minimum absolute atomic E-state index is 0.296. The molecule has 0 heterocycles. The van der Waals surface area contributed by atoms with Crippen LogP contribution in [0.5, 0.6) is 0 Å². The first-order valence-electron chi connectivity index (χ1n) is 6.68. The fourth-order valence-electron chi connectivity index (χ4n) is 1.74. The molecule has 0 amide bonds. The zero-order valence-electron chi connectivity index (χ0n) is 12.2. The van der Waals surface area contributed by atoms with Gasteiger partial charge in [-0.15, -0.1) is 0 Å². The fourth-order valence-corrected chi connectivity index (χ4v) is 1.74. The lowest BCUT2D eigenvalue weighted by atomic mass is 10.0. The Balaban J connectivity index is 4.78. The Morgan fingerprint density at radius 1 is 1.17 bits per heavy atom. The molecule has 0 aromatic carbocycles. The highest BCUT2D eigenvalue weighted by Crippen LogP contribution is 2.22. The summed E-state index contributed by atoms with van der Waals surface area (Å²) in [5.41, 5.74) is -0.102. The SMILES string of the molecule is CCCC(OOC(C)(C)CCC)=C(CC)C(=O)O. The third-order valence-electron chi connectivity index (χ3n) is 2.65. The average molecular weight is 258 g/mol. The molecule has 0 atom stereocenters. The molecule has 0 spiro atoms. The third-order valence-corrected chi connectivity index (χ3v) is 2.65. The zero-order valence-corrected chi connectivity index (χ0v) is 12.2. The van der Waals surface area contributed by atoms with E-state index in [1.165, 1.54) is 0 Å². The first-order chi connectivity index (χ1) is 8.37. The number of hydrogen-bond donors (Lipinski definition) is 1. The van der Waals surface area contributed by atoms with Crippen LogP contribution in [-0.4, -0.2) is 16.7 Å². The van der Waals surface area contributed by atoms with Gasteiger partial charge in [-0.1, -0.05) is 27.2 Å². The highest BCUT2D eigenvalue weighted by molar-refractivity contribution is 5.87. The molecule has 106 valence electrons. The van der Waals surface area contributed by atoms with E-state index >= 15 is 0 Å². The minimum atomic E-state index is -0.933. The van der Waals surface area contributed by atoms with Gasteiger partial charge >= 0.3 is 5.97 Å². The lowest BCUT2D eigenvalue weighted by Crippen LogP contribution is -2.24. The van der Waals surface area contributed by atoms with Crippen LogP contribution in [0.2, 0.25) is 0 Å². The quantitative estimate of drug-likeness (QED) is 0.293. The maximum Gasteiger partial charge on any atom is 0.335 e. The van der Waals surface area contributed by atoms with Gasteiger partial charge in [0, 0.05) is 6.42 Å². The molecular weight excluding hydrogens is 232 g/mol. The van der Waals surface area contributed by atoms with Gasteiger partial charge in [0.25, 0.3) is 0 Å². The smallest absolute Gasteiger partial charge is 0.335 e. The Labute approximate surface area is 110 Å². The summed E-state index contributed by atoms with van der Waals surface area (Å²) in [4.78, 5) is 21.8. The molecule has 0 aliphatic rings. The van der Waals surface area contributed by atoms with Crippen molar-refractivity contribution in [3.05, 3.63) is 11.3 Å². The van der Waals surface area contributed by atoms with E-state index in [2.05, 4.69) is 6.92 Å². The van der Waals surface area contributed by atoms with Gasteiger partial charge in [0.15, 0.2) is 5.76 Å². The van der Waals surface area contributed by atoms with Crippen LogP contribution >= 0.6 is 0 Å². The van der Waals surface area contributed by atoms with Crippen molar-refractivity contribution in [3.8, 4) is 0 Å². The van der Waals surface area contributed by atoms with Crippen LogP contribution < -0.4 is 0 Å². The lowest BCUT2D eigenvalue weighted by molar-refractivity contribution is -0.330. The molecular formula is C14H26O4. The van der Waals surface area contributed by atoms with Crippen LogP contribution in [0, 0.1) is 0 Å². The second kappa shape index (κ2) is 8.14. The highest BCUT2D eigenvalue weighted by atomic mass is 17.2. The van der Waals surface area contributed by atoms with Gasteiger partial charge in [0.2, 0.25) is 0 Å². The molecule has 0 saturated carbocycles. The largest absolute Gasteiger partial charge is 0.478 e. The second-order valence-corrected chi connectivity index (χ2v) is 4.99. The molecule has 0 bridgehead atoms. The number of hydrogen-bond acceptors (Lipinski definition) is 3. The van der Waals surface area contributed by atoms with E-state index in [1.807, 2.05) is 20.8 Å². The van der Waals surface area contributed by atoms with E-state index in [-0.39, 0.29) is 0 Å². The monoisotopic (exact) mass is 258 g/mol. The van der Waals surface area contributed by atoms with Crippen LogP contribution in [0.4, 0.5) is 0 Å². The van der Waals surface area contributed by atoms with Crippen molar-refractivity contribution in [2.45, 2.75) is 72.3 Å². The summed E-state index contributed by atoms with van der Waals surface area (Å²) in [5.74, 6) is -0.491. The summed E-state index contributed by atoms with van der Waals surface area (Å²) >= 11 is 0. The molecule has 0 aliphatic heterocycles. The van der Waals surface area contributed by atoms with Gasteiger partial charge in [-0.05, 0) is 33.1 Å². The van der Waals surface area contributed by atoms with E-state index in [0.717, 1.165) is 19.3 Å². The topological polar surface area (TPSA) is 55.8 Å². The van der Waals surface area contributed by atoms with E-state index < -0.39 is 11.6 Å². The molecule has 0 saturated heterocycles. The summed E-state index contributed by atoms with van der Waals surface area (Å²) in [6.07, 6.45) is 3.69. The van der Waals surface area contributed by atoms with E-state index in [9.17, 15) is 4.79 Å². The zero-order chi connectivity index (χ0) is 14.2. The number of aliphatic carboxylic acids is 1. The van der Waals surface area contributed by atoms with Crippen molar-refractivity contribution in [2.24, 2.45) is 0 Å². The van der Waals surface area contributed by atoms with Crippen molar-refractivity contribution in [2.75, 3.05) is 0 Å². The molecule has 0 aromatic heterocycles. The second-order valence-electron chi connectivity index (χ2n) is 4.99. The predicted molar refractivity (Wildman–Crippen MR) is 71.0 cm³/mol. The molecule has 0 aromatic rings. The summed E-state index contributed by atoms with van der Waals surface area (Å²) in [5, 5.41) is 9.11. The van der Waals surface area contributed by atoms with Crippen LogP contribution in [0.25, 0.3) is 0 Å². The van der Waals surface area contributed by atoms with E-state index in [1.54, 1.807) is 6.92 Å². The van der Waals surface area contributed by atoms with Crippen molar-refractivity contribution < 1.29 is 19.7 Å². The molecule has 18 heavy (non-hydrogen) atoms. The number of carboxylic acid groups (broad SMARTS) is 1. The third kappa shape index (κ3) is 6.05. The number of rotatable bonds is 9. The summed E-state index contributed by atoms with van der Waals surface area (Å²) < 4.78 is 0. The number of carbonyl (C=O) groups is 1. The number of carboxylic acids is 1. The molecule has 4 heteroatoms. The van der Waals surface area contributed by atoms with Gasteiger partial charge in [0.1, 0.15) is 5.60 Å². The molecule has 1 N–H and O–H groups in total. The Morgan fingerprint density at radius 3 is 2.17 bits per heavy atom. The Morgan fingerprint density at radius 2 is 1.78 bits per heavy atom. The van der Waals surface area contributed by atoms with E-state index in [0.29, 0.717) is 24.2 Å². The average Bonchev–Trinajstić information content (AvgIpc) is 2.26. The van der Waals surface area contributed by atoms with E-state index in [4.69, 9.17) is 14.9 Å². The van der Waals surface area contributed by atoms with Crippen molar-refractivity contribution in [1.82, 2.24) is 0 Å². The Bertz CT molecular complexity index is 292. The number of allylic oxidation sites excluding steroid dienone is 1. The molecule has 0 aliphatic carbocycles. The Kier molecular flexibility index (Phi) is 7.67. The fraction of sp³-hybridized carbons (Fsp3) is 0.786. The normalized spacial score (nSPS) is 13.2. The van der Waals surface area contributed by atoms with Crippen molar-refractivity contribution in [3.63, 3.8) is 0 Å². The maximum absolute atomic E-state index is 11.1. The Hall–Kier alpha value is -1.03. The molecule has 0 unspecified atom stereocenters. The standard InChI is InChI=1S/C14H26O4/c1-6-9-12(11(8-3)13(15)16)17-18-14(4,5)10-7-2/h6-10H2,1-5H3,(H,15,16). The van der Waals surface area contributed by atoms with Crippen LogP contribution in [0.15, 0.2) is 11.3 Å². The minimum Gasteiger partial charge on any atom is -0.478 e. The first kappa shape index (κ1) is 17.0. The van der Waals surface area contributed by atoms with Crippen LogP contribution in [0.3, 0.4) is 0 Å². The predicted octanol–water partition coefficient (Wildman–Crippen LogP) is 4.06. The van der Waals surface area contributed by atoms with Gasteiger partial charge in [-0.3, -0.25) is 0 Å². The van der Waals surface area contributed by atoms with Gasteiger partial charge in [-0.25, -0.2) is 4.79 Å². The first-order valence-corrected chi connectivity index (χ1v) is 6.68. The van der Waals surface area contributed by atoms with Crippen LogP contribution in [-0.2, 0) is 14.6 Å². The highest BCUT2D eigenvalue weighted by Gasteiger charge is 2.22. The summed E-state index contributed by atoms with van der Waals surface area (Å²) in [7, 11) is 0. The van der Waals surface area contributed by atoms with Crippen molar-refractivity contribution >= 4 is 5.97 Å².